The van der Waals surface area contributed by atoms with Crippen LogP contribution in [0, 0.1) is 12.3 Å². The first-order valence-electron chi connectivity index (χ1n) is 4.18. The van der Waals surface area contributed by atoms with Gasteiger partial charge in [-0.2, -0.15) is 0 Å². The van der Waals surface area contributed by atoms with Crippen LogP contribution in [0.4, 0.5) is 0 Å². The summed E-state index contributed by atoms with van der Waals surface area (Å²) in [5, 5.41) is 9.34. The molecule has 0 saturated carbocycles. The van der Waals surface area contributed by atoms with Crippen LogP contribution < -0.4 is 0 Å². The molecular weight excluding hydrogens is 136 g/mol. The average Bonchev–Trinajstić information content (AvgIpc) is 1.82. The lowest BCUT2D eigenvalue weighted by atomic mass is 10.0. The Bertz CT molecular complexity index is 121. The summed E-state index contributed by atoms with van der Waals surface area (Å²) < 4.78 is 0. The Morgan fingerprint density at radius 2 is 1.91 bits per heavy atom. The lowest BCUT2D eigenvalue weighted by Gasteiger charge is -2.07. The molecule has 1 N–H and O–H groups in total. The summed E-state index contributed by atoms with van der Waals surface area (Å²) in [5.74, 6) is 0.634. The molecule has 0 saturated heterocycles. The molecule has 0 heterocycles. The number of aliphatic hydroxyl groups excluding tert-OH is 1. The van der Waals surface area contributed by atoms with Crippen LogP contribution in [0.3, 0.4) is 0 Å². The summed E-state index contributed by atoms with van der Waals surface area (Å²) in [5.41, 5.74) is 1.16. The van der Waals surface area contributed by atoms with Crippen molar-refractivity contribution in [3.05, 3.63) is 18.1 Å². The quantitative estimate of drug-likeness (QED) is 0.619. The Balaban J connectivity index is 3.53. The van der Waals surface area contributed by atoms with E-state index in [-0.39, 0.29) is 6.10 Å². The maximum atomic E-state index is 9.34. The van der Waals surface area contributed by atoms with Gasteiger partial charge in [-0.3, -0.25) is 0 Å². The Kier molecular flexibility index (Phi) is 5.22. The number of rotatable bonds is 4. The third kappa shape index (κ3) is 7.60. The maximum Gasteiger partial charge on any atom is 0.0755 e. The number of aliphatic hydroxyl groups is 1. The first-order chi connectivity index (χ1) is 5.02. The molecule has 0 aromatic rings. The molecule has 0 rings (SSSR count). The highest BCUT2D eigenvalue weighted by Crippen LogP contribution is 2.07. The van der Waals surface area contributed by atoms with Crippen molar-refractivity contribution in [2.45, 2.75) is 40.2 Å². The fourth-order valence-electron chi connectivity index (χ4n) is 0.821. The highest BCUT2D eigenvalue weighted by Gasteiger charge is 2.01. The van der Waals surface area contributed by atoms with E-state index >= 15 is 0 Å². The lowest BCUT2D eigenvalue weighted by molar-refractivity contribution is 0.246. The van der Waals surface area contributed by atoms with Crippen molar-refractivity contribution in [3.63, 3.8) is 0 Å². The fourth-order valence-corrected chi connectivity index (χ4v) is 0.821. The van der Waals surface area contributed by atoms with Gasteiger partial charge in [-0.25, -0.2) is 0 Å². The van der Waals surface area contributed by atoms with Gasteiger partial charge in [-0.05, 0) is 32.6 Å². The van der Waals surface area contributed by atoms with Crippen molar-refractivity contribution in [2.24, 2.45) is 5.92 Å². The second kappa shape index (κ2) is 5.36. The molecule has 0 amide bonds. The van der Waals surface area contributed by atoms with Crippen molar-refractivity contribution < 1.29 is 5.11 Å². The predicted octanol–water partition coefficient (Wildman–Crippen LogP) is 2.56. The largest absolute Gasteiger partial charge is 0.389 e. The third-order valence-corrected chi connectivity index (χ3v) is 1.35. The summed E-state index contributed by atoms with van der Waals surface area (Å²) in [6.07, 6.45) is 4.42. The number of hydrogen-bond donors (Lipinski definition) is 1. The highest BCUT2D eigenvalue weighted by molar-refractivity contribution is 5.02. The van der Waals surface area contributed by atoms with E-state index < -0.39 is 0 Å². The van der Waals surface area contributed by atoms with Crippen LogP contribution in [0.1, 0.15) is 34.1 Å². The molecule has 0 aromatic heterocycles. The smallest absolute Gasteiger partial charge is 0.0755 e. The van der Waals surface area contributed by atoms with Crippen molar-refractivity contribution >= 4 is 0 Å². The highest BCUT2D eigenvalue weighted by atomic mass is 16.3. The van der Waals surface area contributed by atoms with Crippen molar-refractivity contribution in [3.8, 4) is 0 Å². The van der Waals surface area contributed by atoms with Gasteiger partial charge in [-0.15, -0.1) is 0 Å². The Hall–Kier alpha value is -0.300. The van der Waals surface area contributed by atoms with Crippen LogP contribution in [0.15, 0.2) is 11.6 Å². The van der Waals surface area contributed by atoms with Crippen molar-refractivity contribution in [1.29, 1.82) is 0 Å². The van der Waals surface area contributed by atoms with Gasteiger partial charge in [-0.1, -0.05) is 25.5 Å². The summed E-state index contributed by atoms with van der Waals surface area (Å²) in [6, 6.07) is 0. The van der Waals surface area contributed by atoms with E-state index in [4.69, 9.17) is 0 Å². The number of allylic oxidation sites excluding steroid dienone is 1. The lowest BCUT2D eigenvalue weighted by Crippen LogP contribution is -2.05. The van der Waals surface area contributed by atoms with Gasteiger partial charge in [0.25, 0.3) is 0 Å². The van der Waals surface area contributed by atoms with Gasteiger partial charge in [0.2, 0.25) is 0 Å². The predicted molar refractivity (Wildman–Crippen MR) is 49.2 cm³/mol. The molecule has 1 heteroatoms. The minimum Gasteiger partial charge on any atom is -0.389 e. The van der Waals surface area contributed by atoms with Gasteiger partial charge in [0.05, 0.1) is 6.10 Å². The molecule has 1 nitrogen and oxygen atoms in total. The second-order valence-electron chi connectivity index (χ2n) is 3.60. The minimum atomic E-state index is -0.359. The molecule has 0 aliphatic heterocycles. The Morgan fingerprint density at radius 1 is 1.36 bits per heavy atom. The van der Waals surface area contributed by atoms with Gasteiger partial charge >= 0.3 is 0 Å². The fraction of sp³-hybridized carbons (Fsp3) is 0.700. The van der Waals surface area contributed by atoms with Gasteiger partial charge in [0.1, 0.15) is 0 Å². The van der Waals surface area contributed by atoms with Crippen molar-refractivity contribution in [2.75, 3.05) is 0 Å². The summed E-state index contributed by atoms with van der Waals surface area (Å²) in [6.45, 7) is 8.27. The van der Waals surface area contributed by atoms with E-state index in [9.17, 15) is 5.11 Å². The van der Waals surface area contributed by atoms with E-state index in [0.717, 1.165) is 12.0 Å². The molecule has 1 atom stereocenters. The van der Waals surface area contributed by atoms with Crippen LogP contribution in [-0.4, -0.2) is 11.2 Å². The Morgan fingerprint density at radius 3 is 2.27 bits per heavy atom. The van der Waals surface area contributed by atoms with E-state index in [1.165, 1.54) is 0 Å². The molecule has 0 fully saturated rings. The minimum absolute atomic E-state index is 0.359. The zero-order valence-electron chi connectivity index (χ0n) is 7.96. The van der Waals surface area contributed by atoms with Gasteiger partial charge in [0.15, 0.2) is 0 Å². The zero-order chi connectivity index (χ0) is 8.85. The summed E-state index contributed by atoms with van der Waals surface area (Å²) in [4.78, 5) is 0. The monoisotopic (exact) mass is 155 g/mol. The maximum absolute atomic E-state index is 9.34. The molecule has 0 aliphatic rings. The van der Waals surface area contributed by atoms with Crippen LogP contribution in [-0.2, 0) is 0 Å². The molecule has 0 aliphatic carbocycles. The van der Waals surface area contributed by atoms with Crippen LogP contribution in [0.2, 0.25) is 0 Å². The SMILES string of the molecule is CC(C)=CC(O)[CH]CC(C)C. The molecular formula is C10H19O. The number of hydrogen-bond acceptors (Lipinski definition) is 1. The summed E-state index contributed by atoms with van der Waals surface area (Å²) in [7, 11) is 0. The van der Waals surface area contributed by atoms with Gasteiger partial charge in [0, 0.05) is 0 Å². The second-order valence-corrected chi connectivity index (χ2v) is 3.60. The molecule has 11 heavy (non-hydrogen) atoms. The first-order valence-corrected chi connectivity index (χ1v) is 4.18. The van der Waals surface area contributed by atoms with Crippen molar-refractivity contribution in [1.82, 2.24) is 0 Å². The third-order valence-electron chi connectivity index (χ3n) is 1.35. The molecule has 65 valence electrons. The van der Waals surface area contributed by atoms with E-state index in [2.05, 4.69) is 13.8 Å². The average molecular weight is 155 g/mol. The molecule has 1 unspecified atom stereocenters. The van der Waals surface area contributed by atoms with E-state index in [1.807, 2.05) is 26.3 Å². The van der Waals surface area contributed by atoms with Crippen LogP contribution in [0.25, 0.3) is 0 Å². The summed E-state index contributed by atoms with van der Waals surface area (Å²) >= 11 is 0. The topological polar surface area (TPSA) is 20.2 Å². The normalized spacial score (nSPS) is 13.3. The van der Waals surface area contributed by atoms with E-state index in [0.29, 0.717) is 5.92 Å². The zero-order valence-corrected chi connectivity index (χ0v) is 7.96. The molecule has 1 radical (unpaired) electrons. The standard InChI is InChI=1S/C10H19O/c1-8(2)5-6-10(11)7-9(3)4/h6-8,10-11H,5H2,1-4H3. The van der Waals surface area contributed by atoms with Gasteiger partial charge < -0.3 is 5.11 Å². The first kappa shape index (κ1) is 10.7. The van der Waals surface area contributed by atoms with Crippen LogP contribution >= 0.6 is 0 Å². The molecule has 0 bridgehead atoms. The van der Waals surface area contributed by atoms with Crippen LogP contribution in [0.5, 0.6) is 0 Å². The molecule has 0 aromatic carbocycles. The molecule has 0 spiro atoms. The Labute approximate surface area is 70.1 Å². The van der Waals surface area contributed by atoms with E-state index in [1.54, 1.807) is 0 Å².